The maximum absolute atomic E-state index is 13.3. The number of aromatic nitrogens is 3. The first-order valence-electron chi connectivity index (χ1n) is 8.46. The Labute approximate surface area is 145 Å². The first kappa shape index (κ1) is 17.3. The molecule has 2 aromatic rings. The molecule has 25 heavy (non-hydrogen) atoms. The number of likely N-dealkylation sites (tertiary alicyclic amines) is 1. The van der Waals surface area contributed by atoms with E-state index in [1.807, 2.05) is 6.92 Å². The number of nitrogens with one attached hydrogen (secondary N) is 1. The number of carbonyl (C=O) groups is 1. The molecule has 1 saturated heterocycles. The molecular weight excluding hydrogens is 325 g/mol. The van der Waals surface area contributed by atoms with Gasteiger partial charge in [0.2, 0.25) is 5.89 Å². The van der Waals surface area contributed by atoms with Crippen LogP contribution in [0.4, 0.5) is 9.18 Å². The summed E-state index contributed by atoms with van der Waals surface area (Å²) in [6.07, 6.45) is 5.33. The topological polar surface area (TPSA) is 84.2 Å². The standard InChI is InChI=1S/C17H22FN5O2/c1-11(14-7-15(18)9-19-8-14)20-17(24)23-5-3-4-13(10-23)6-16-21-12(2)22-25-16/h7-9,11,13H,3-6,10H2,1-2H3,(H,20,24)/t11-,13?/m0/s1. The summed E-state index contributed by atoms with van der Waals surface area (Å²) in [5, 5.41) is 6.71. The number of halogens is 1. The third-order valence-corrected chi connectivity index (χ3v) is 4.41. The fourth-order valence-corrected chi connectivity index (χ4v) is 3.11. The molecule has 2 atom stereocenters. The van der Waals surface area contributed by atoms with E-state index in [0.29, 0.717) is 42.7 Å². The number of nitrogens with zero attached hydrogens (tertiary/aromatic N) is 4. The van der Waals surface area contributed by atoms with Crippen LogP contribution in [0.5, 0.6) is 0 Å². The average molecular weight is 347 g/mol. The Morgan fingerprint density at radius 3 is 3.08 bits per heavy atom. The molecule has 1 N–H and O–H groups in total. The SMILES string of the molecule is Cc1noc(CC2CCCN(C(=O)N[C@@H](C)c3cncc(F)c3)C2)n1. The van der Waals surface area contributed by atoms with Gasteiger partial charge in [0.05, 0.1) is 12.2 Å². The predicted molar refractivity (Wildman–Crippen MR) is 88.2 cm³/mol. The van der Waals surface area contributed by atoms with Crippen LogP contribution in [-0.4, -0.2) is 39.1 Å². The molecule has 3 rings (SSSR count). The minimum absolute atomic E-state index is 0.150. The fourth-order valence-electron chi connectivity index (χ4n) is 3.11. The molecule has 0 aliphatic carbocycles. The van der Waals surface area contributed by atoms with E-state index in [1.54, 1.807) is 18.0 Å². The van der Waals surface area contributed by atoms with Gasteiger partial charge in [-0.25, -0.2) is 9.18 Å². The van der Waals surface area contributed by atoms with Crippen molar-refractivity contribution >= 4 is 6.03 Å². The molecule has 1 aliphatic heterocycles. The molecule has 1 unspecified atom stereocenters. The fraction of sp³-hybridized carbons (Fsp3) is 0.529. The molecule has 1 fully saturated rings. The van der Waals surface area contributed by atoms with Crippen LogP contribution in [-0.2, 0) is 6.42 Å². The monoisotopic (exact) mass is 347 g/mol. The van der Waals surface area contributed by atoms with Crippen molar-refractivity contribution < 1.29 is 13.7 Å². The van der Waals surface area contributed by atoms with Gasteiger partial charge in [-0.05, 0) is 44.2 Å². The Hall–Kier alpha value is -2.51. The number of carbonyl (C=O) groups excluding carboxylic acids is 1. The summed E-state index contributed by atoms with van der Waals surface area (Å²) in [6, 6.07) is 0.923. The Bertz CT molecular complexity index is 735. The van der Waals surface area contributed by atoms with Crippen molar-refractivity contribution in [2.45, 2.75) is 39.2 Å². The molecule has 0 saturated carbocycles. The lowest BCUT2D eigenvalue weighted by molar-refractivity contribution is 0.159. The molecule has 7 nitrogen and oxygen atoms in total. The summed E-state index contributed by atoms with van der Waals surface area (Å²) in [6.45, 7) is 4.95. The summed E-state index contributed by atoms with van der Waals surface area (Å²) >= 11 is 0. The molecular formula is C17H22FN5O2. The molecule has 3 heterocycles. The van der Waals surface area contributed by atoms with E-state index in [0.717, 1.165) is 19.0 Å². The van der Waals surface area contributed by atoms with E-state index >= 15 is 0 Å². The summed E-state index contributed by atoms with van der Waals surface area (Å²) < 4.78 is 18.4. The molecule has 0 bridgehead atoms. The highest BCUT2D eigenvalue weighted by Crippen LogP contribution is 2.21. The normalized spacial score (nSPS) is 18.8. The summed E-state index contributed by atoms with van der Waals surface area (Å²) in [5.74, 6) is 1.12. The van der Waals surface area contributed by atoms with Crippen molar-refractivity contribution in [3.8, 4) is 0 Å². The van der Waals surface area contributed by atoms with Gasteiger partial charge in [0.25, 0.3) is 0 Å². The number of hydrogen-bond acceptors (Lipinski definition) is 5. The van der Waals surface area contributed by atoms with E-state index in [1.165, 1.54) is 6.07 Å². The second-order valence-corrected chi connectivity index (χ2v) is 6.50. The zero-order chi connectivity index (χ0) is 17.8. The lowest BCUT2D eigenvalue weighted by Gasteiger charge is -2.33. The van der Waals surface area contributed by atoms with Gasteiger partial charge in [-0.2, -0.15) is 4.98 Å². The summed E-state index contributed by atoms with van der Waals surface area (Å²) in [7, 11) is 0. The van der Waals surface area contributed by atoms with Crippen LogP contribution in [0.25, 0.3) is 0 Å². The van der Waals surface area contributed by atoms with E-state index < -0.39 is 5.82 Å². The van der Waals surface area contributed by atoms with Crippen LogP contribution >= 0.6 is 0 Å². The number of hydrogen-bond donors (Lipinski definition) is 1. The Balaban J connectivity index is 1.56. The van der Waals surface area contributed by atoms with Crippen LogP contribution in [0.3, 0.4) is 0 Å². The number of pyridine rings is 1. The van der Waals surface area contributed by atoms with Crippen LogP contribution in [0.1, 0.15) is 43.1 Å². The minimum Gasteiger partial charge on any atom is -0.339 e. The molecule has 1 aliphatic rings. The largest absolute Gasteiger partial charge is 0.339 e. The lowest BCUT2D eigenvalue weighted by atomic mass is 9.95. The molecule has 2 amide bonds. The molecule has 2 aromatic heterocycles. The Morgan fingerprint density at radius 1 is 1.52 bits per heavy atom. The van der Waals surface area contributed by atoms with Crippen molar-refractivity contribution in [2.24, 2.45) is 5.92 Å². The second kappa shape index (κ2) is 7.58. The molecule has 8 heteroatoms. The molecule has 0 aromatic carbocycles. The number of urea groups is 1. The Kier molecular flexibility index (Phi) is 5.25. The smallest absolute Gasteiger partial charge is 0.317 e. The van der Waals surface area contributed by atoms with E-state index in [2.05, 4.69) is 20.4 Å². The highest BCUT2D eigenvalue weighted by atomic mass is 19.1. The van der Waals surface area contributed by atoms with E-state index in [9.17, 15) is 9.18 Å². The lowest BCUT2D eigenvalue weighted by Crippen LogP contribution is -2.46. The van der Waals surface area contributed by atoms with E-state index in [4.69, 9.17) is 4.52 Å². The maximum Gasteiger partial charge on any atom is 0.317 e. The van der Waals surface area contributed by atoms with Gasteiger partial charge in [0.1, 0.15) is 5.82 Å². The van der Waals surface area contributed by atoms with Gasteiger partial charge < -0.3 is 14.7 Å². The first-order chi connectivity index (χ1) is 12.0. The van der Waals surface area contributed by atoms with Gasteiger partial charge in [-0.3, -0.25) is 4.98 Å². The molecule has 0 spiro atoms. The van der Waals surface area contributed by atoms with Crippen LogP contribution in [0, 0.1) is 18.7 Å². The zero-order valence-electron chi connectivity index (χ0n) is 14.4. The van der Waals surface area contributed by atoms with Gasteiger partial charge >= 0.3 is 6.03 Å². The van der Waals surface area contributed by atoms with E-state index in [-0.39, 0.29) is 12.1 Å². The van der Waals surface area contributed by atoms with Crippen LogP contribution < -0.4 is 5.32 Å². The van der Waals surface area contributed by atoms with Crippen LogP contribution in [0.2, 0.25) is 0 Å². The highest BCUT2D eigenvalue weighted by molar-refractivity contribution is 5.74. The van der Waals surface area contributed by atoms with Gasteiger partial charge in [0.15, 0.2) is 5.82 Å². The summed E-state index contributed by atoms with van der Waals surface area (Å²) in [5.41, 5.74) is 0.642. The Morgan fingerprint density at radius 2 is 2.36 bits per heavy atom. The first-order valence-corrected chi connectivity index (χ1v) is 8.46. The maximum atomic E-state index is 13.3. The highest BCUT2D eigenvalue weighted by Gasteiger charge is 2.26. The molecule has 0 radical (unpaired) electrons. The van der Waals surface area contributed by atoms with Gasteiger partial charge in [-0.1, -0.05) is 5.16 Å². The quantitative estimate of drug-likeness (QED) is 0.919. The van der Waals surface area contributed by atoms with Crippen LogP contribution in [0.15, 0.2) is 23.0 Å². The van der Waals surface area contributed by atoms with Gasteiger partial charge in [0, 0.05) is 25.7 Å². The van der Waals surface area contributed by atoms with Crippen molar-refractivity contribution in [2.75, 3.05) is 13.1 Å². The number of aryl methyl sites for hydroxylation is 1. The minimum atomic E-state index is -0.411. The van der Waals surface area contributed by atoms with Crippen molar-refractivity contribution in [3.63, 3.8) is 0 Å². The number of piperidine rings is 1. The third-order valence-electron chi connectivity index (χ3n) is 4.41. The molecule has 134 valence electrons. The van der Waals surface area contributed by atoms with Crippen molar-refractivity contribution in [1.29, 1.82) is 0 Å². The van der Waals surface area contributed by atoms with Gasteiger partial charge in [-0.15, -0.1) is 0 Å². The summed E-state index contributed by atoms with van der Waals surface area (Å²) in [4.78, 5) is 22.4. The number of rotatable bonds is 4. The van der Waals surface area contributed by atoms with Crippen molar-refractivity contribution in [3.05, 3.63) is 41.6 Å². The zero-order valence-corrected chi connectivity index (χ0v) is 14.4. The number of amides is 2. The predicted octanol–water partition coefficient (Wildman–Crippen LogP) is 2.64. The second-order valence-electron chi connectivity index (χ2n) is 6.50. The third kappa shape index (κ3) is 4.52. The van der Waals surface area contributed by atoms with Crippen molar-refractivity contribution in [1.82, 2.24) is 25.3 Å². The average Bonchev–Trinajstić information content (AvgIpc) is 3.00.